The van der Waals surface area contributed by atoms with E-state index in [1.165, 1.54) is 6.42 Å². The molecule has 2 rings (SSSR count). The molecule has 1 amide bonds. The highest BCUT2D eigenvalue weighted by Crippen LogP contribution is 2.11. The molecule has 0 aliphatic carbocycles. The first-order valence-electron chi connectivity index (χ1n) is 5.28. The fraction of sp³-hybridized carbons (Fsp3) is 0.667. The fourth-order valence-corrected chi connectivity index (χ4v) is 1.86. The van der Waals surface area contributed by atoms with Crippen LogP contribution < -0.4 is 5.32 Å². The Labute approximate surface area is 92.4 Å². The molecule has 1 atom stereocenters. The average Bonchev–Trinajstić information content (AvgIpc) is 2.30. The van der Waals surface area contributed by atoms with E-state index in [4.69, 9.17) is 5.41 Å². The summed E-state index contributed by atoms with van der Waals surface area (Å²) in [5.41, 5.74) is 0. The maximum Gasteiger partial charge on any atom is 0.263 e. The van der Waals surface area contributed by atoms with Crippen molar-refractivity contribution < 1.29 is 4.79 Å². The van der Waals surface area contributed by atoms with E-state index in [0.717, 1.165) is 25.9 Å². The zero-order chi connectivity index (χ0) is 11.5. The van der Waals surface area contributed by atoms with Gasteiger partial charge in [-0.25, -0.2) is 0 Å². The van der Waals surface area contributed by atoms with Gasteiger partial charge in [0.2, 0.25) is 12.0 Å². The van der Waals surface area contributed by atoms with E-state index >= 15 is 0 Å². The summed E-state index contributed by atoms with van der Waals surface area (Å²) in [5.74, 6) is -0.454. The Morgan fingerprint density at radius 3 is 2.62 bits per heavy atom. The lowest BCUT2D eigenvalue weighted by molar-refractivity contribution is -0.119. The second-order valence-electron chi connectivity index (χ2n) is 3.87. The van der Waals surface area contributed by atoms with Gasteiger partial charge in [-0.15, -0.1) is 4.91 Å². The van der Waals surface area contributed by atoms with Crippen LogP contribution in [0.15, 0.2) is 10.2 Å². The number of nitrogens with one attached hydrogen (secondary N) is 2. The Balaban J connectivity index is 2.14. The van der Waals surface area contributed by atoms with Crippen molar-refractivity contribution in [3.05, 3.63) is 4.91 Å². The number of guanidine groups is 1. The highest BCUT2D eigenvalue weighted by molar-refractivity contribution is 6.18. The molecule has 1 saturated heterocycles. The molecule has 0 aromatic heterocycles. The van der Waals surface area contributed by atoms with E-state index < -0.39 is 11.9 Å². The van der Waals surface area contributed by atoms with Crippen molar-refractivity contribution in [1.29, 1.82) is 5.41 Å². The Morgan fingerprint density at radius 1 is 1.38 bits per heavy atom. The van der Waals surface area contributed by atoms with E-state index in [9.17, 15) is 9.70 Å². The van der Waals surface area contributed by atoms with Gasteiger partial charge in [0.25, 0.3) is 5.91 Å². The van der Waals surface area contributed by atoms with Crippen LogP contribution in [0.25, 0.3) is 0 Å². The Hall–Kier alpha value is -1.79. The monoisotopic (exact) mass is 223 g/mol. The molecule has 1 unspecified atom stereocenters. The predicted molar refractivity (Wildman–Crippen MR) is 58.3 cm³/mol. The van der Waals surface area contributed by atoms with Crippen molar-refractivity contribution in [1.82, 2.24) is 10.2 Å². The van der Waals surface area contributed by atoms with Gasteiger partial charge in [-0.3, -0.25) is 15.5 Å². The van der Waals surface area contributed by atoms with Gasteiger partial charge in [0.05, 0.1) is 0 Å². The van der Waals surface area contributed by atoms with Crippen LogP contribution in [0.3, 0.4) is 0 Å². The number of carbonyl (C=O) groups is 1. The number of carbonyl (C=O) groups excluding carboxylic acids is 1. The molecular formula is C9H13N5O2. The van der Waals surface area contributed by atoms with Crippen LogP contribution in [0, 0.1) is 10.3 Å². The number of hydrogen-bond donors (Lipinski definition) is 2. The lowest BCUT2D eigenvalue weighted by Gasteiger charge is -2.31. The molecule has 0 spiro atoms. The molecule has 0 aromatic carbocycles. The van der Waals surface area contributed by atoms with Crippen LogP contribution in [-0.2, 0) is 4.79 Å². The van der Waals surface area contributed by atoms with E-state index in [2.05, 4.69) is 15.5 Å². The molecule has 7 heteroatoms. The van der Waals surface area contributed by atoms with Gasteiger partial charge >= 0.3 is 0 Å². The molecule has 86 valence electrons. The molecule has 16 heavy (non-hydrogen) atoms. The largest absolute Gasteiger partial charge is 0.342 e. The summed E-state index contributed by atoms with van der Waals surface area (Å²) in [5, 5.41) is 12.6. The number of amides is 1. The quantitative estimate of drug-likeness (QED) is 0.615. The van der Waals surface area contributed by atoms with Gasteiger partial charge in [0.15, 0.2) is 5.84 Å². The van der Waals surface area contributed by atoms with Crippen molar-refractivity contribution in [2.45, 2.75) is 25.3 Å². The zero-order valence-electron chi connectivity index (χ0n) is 8.77. The topological polar surface area (TPSA) is 98.0 Å². The number of piperidine rings is 1. The van der Waals surface area contributed by atoms with Gasteiger partial charge in [0, 0.05) is 13.1 Å². The van der Waals surface area contributed by atoms with Gasteiger partial charge in [-0.05, 0) is 24.4 Å². The number of nitrogens with zero attached hydrogens (tertiary/aromatic N) is 3. The van der Waals surface area contributed by atoms with E-state index in [1.807, 2.05) is 4.90 Å². The summed E-state index contributed by atoms with van der Waals surface area (Å²) < 4.78 is 0. The standard InChI is InChI=1S/C9H13N5O2/c10-7-6(13-16)8(15)12-9(11-7)14-4-2-1-3-5-14/h6H,1-5H2,(H2,10,11,12,15). The molecule has 2 N–H and O–H groups in total. The van der Waals surface area contributed by atoms with Crippen molar-refractivity contribution in [3.63, 3.8) is 0 Å². The highest BCUT2D eigenvalue weighted by Gasteiger charge is 2.32. The van der Waals surface area contributed by atoms with Crippen LogP contribution in [-0.4, -0.2) is 41.7 Å². The van der Waals surface area contributed by atoms with Gasteiger partial charge < -0.3 is 4.90 Å². The highest BCUT2D eigenvalue weighted by atomic mass is 16.3. The number of likely N-dealkylation sites (tertiary alicyclic amines) is 1. The van der Waals surface area contributed by atoms with Crippen molar-refractivity contribution in [3.8, 4) is 0 Å². The van der Waals surface area contributed by atoms with Crippen molar-refractivity contribution in [2.75, 3.05) is 13.1 Å². The summed E-state index contributed by atoms with van der Waals surface area (Å²) >= 11 is 0. The minimum absolute atomic E-state index is 0.278. The molecule has 0 radical (unpaired) electrons. The molecule has 2 heterocycles. The first kappa shape index (κ1) is 10.7. The maximum absolute atomic E-state index is 11.4. The zero-order valence-corrected chi connectivity index (χ0v) is 8.77. The third kappa shape index (κ3) is 1.93. The third-order valence-electron chi connectivity index (χ3n) is 2.73. The normalized spacial score (nSPS) is 26.1. The number of amidine groups is 1. The SMILES string of the molecule is N=C1N=C(N2CCCCC2)NC(=O)C1N=O. The van der Waals surface area contributed by atoms with E-state index in [0.29, 0.717) is 5.96 Å². The lowest BCUT2D eigenvalue weighted by atomic mass is 10.1. The Bertz CT molecular complexity index is 359. The van der Waals surface area contributed by atoms with Crippen molar-refractivity contribution in [2.24, 2.45) is 10.2 Å². The molecule has 7 nitrogen and oxygen atoms in total. The number of nitroso groups, excluding NO2 is 1. The van der Waals surface area contributed by atoms with Crippen LogP contribution in [0.5, 0.6) is 0 Å². The summed E-state index contributed by atoms with van der Waals surface area (Å²) in [4.78, 5) is 27.6. The van der Waals surface area contributed by atoms with Crippen LogP contribution >= 0.6 is 0 Å². The molecule has 2 aliphatic rings. The second kappa shape index (κ2) is 4.38. The van der Waals surface area contributed by atoms with Gasteiger partial charge in [0.1, 0.15) is 0 Å². The van der Waals surface area contributed by atoms with Crippen LogP contribution in [0.4, 0.5) is 0 Å². The van der Waals surface area contributed by atoms with Gasteiger partial charge in [-0.1, -0.05) is 0 Å². The minimum atomic E-state index is -1.30. The van der Waals surface area contributed by atoms with Crippen LogP contribution in [0.1, 0.15) is 19.3 Å². The van der Waals surface area contributed by atoms with Crippen LogP contribution in [0.2, 0.25) is 0 Å². The van der Waals surface area contributed by atoms with E-state index in [-0.39, 0.29) is 5.84 Å². The maximum atomic E-state index is 11.4. The first-order chi connectivity index (χ1) is 7.72. The smallest absolute Gasteiger partial charge is 0.263 e. The molecule has 0 saturated carbocycles. The summed E-state index contributed by atoms with van der Waals surface area (Å²) in [6.45, 7) is 1.65. The minimum Gasteiger partial charge on any atom is -0.342 e. The molecule has 1 fully saturated rings. The molecular weight excluding hydrogens is 210 g/mol. The first-order valence-corrected chi connectivity index (χ1v) is 5.28. The molecule has 0 bridgehead atoms. The van der Waals surface area contributed by atoms with E-state index in [1.54, 1.807) is 0 Å². The number of rotatable bonds is 1. The second-order valence-corrected chi connectivity index (χ2v) is 3.87. The average molecular weight is 223 g/mol. The Morgan fingerprint density at radius 2 is 2.06 bits per heavy atom. The Kier molecular flexibility index (Phi) is 2.93. The molecule has 2 aliphatic heterocycles. The lowest BCUT2D eigenvalue weighted by Crippen LogP contribution is -2.54. The summed E-state index contributed by atoms with van der Waals surface area (Å²) in [6, 6.07) is -1.30. The third-order valence-corrected chi connectivity index (χ3v) is 2.73. The number of aliphatic imine (C=N–C) groups is 1. The summed E-state index contributed by atoms with van der Waals surface area (Å²) in [6.07, 6.45) is 3.28. The number of hydrogen-bond acceptors (Lipinski definition) is 5. The molecule has 0 aromatic rings. The summed E-state index contributed by atoms with van der Waals surface area (Å²) in [7, 11) is 0. The van der Waals surface area contributed by atoms with Crippen molar-refractivity contribution >= 4 is 17.7 Å². The fourth-order valence-electron chi connectivity index (χ4n) is 1.86. The van der Waals surface area contributed by atoms with Gasteiger partial charge in [-0.2, -0.15) is 4.99 Å². The predicted octanol–water partition coefficient (Wildman–Crippen LogP) is 0.0704.